The maximum Gasteiger partial charge on any atom is 0.167 e. The summed E-state index contributed by atoms with van der Waals surface area (Å²) in [6.07, 6.45) is 4.41. The summed E-state index contributed by atoms with van der Waals surface area (Å²) < 4.78 is 0.844. The average molecular weight is 322 g/mol. The van der Waals surface area contributed by atoms with E-state index in [-0.39, 0.29) is 10.9 Å². The van der Waals surface area contributed by atoms with E-state index in [4.69, 9.17) is 11.6 Å². The number of halogens is 2. The van der Waals surface area contributed by atoms with E-state index in [1.807, 2.05) is 0 Å². The van der Waals surface area contributed by atoms with E-state index in [2.05, 4.69) is 34.2 Å². The Morgan fingerprint density at radius 3 is 3.00 bits per heavy atom. The second-order valence-corrected chi connectivity index (χ2v) is 4.23. The van der Waals surface area contributed by atoms with Gasteiger partial charge in [-0.2, -0.15) is 0 Å². The minimum absolute atomic E-state index is 0.0207. The highest BCUT2D eigenvalue weighted by atomic mass is 127. The van der Waals surface area contributed by atoms with Crippen molar-refractivity contribution in [2.24, 2.45) is 0 Å². The Kier molecular flexibility index (Phi) is 4.54. The van der Waals surface area contributed by atoms with Gasteiger partial charge in [0.2, 0.25) is 0 Å². The molecule has 0 fully saturated rings. The summed E-state index contributed by atoms with van der Waals surface area (Å²) in [4.78, 5) is 15.6. The van der Waals surface area contributed by atoms with Crippen molar-refractivity contribution in [2.45, 2.75) is 12.8 Å². The number of carbonyl (C=O) groups excluding carboxylic acids is 1. The smallest absolute Gasteiger partial charge is 0.167 e. The lowest BCUT2D eigenvalue weighted by atomic mass is 10.1. The first kappa shape index (κ1) is 11.7. The average Bonchev–Trinajstić information content (AvgIpc) is 2.14. The summed E-state index contributed by atoms with van der Waals surface area (Å²) in [5, 5.41) is 0.283. The first-order valence-electron chi connectivity index (χ1n) is 4.11. The minimum Gasteiger partial charge on any atom is -0.294 e. The van der Waals surface area contributed by atoms with Gasteiger partial charge in [0.1, 0.15) is 5.15 Å². The van der Waals surface area contributed by atoms with Crippen molar-refractivity contribution in [1.82, 2.24) is 4.98 Å². The first-order valence-corrected chi connectivity index (χ1v) is 5.56. The number of pyridine rings is 1. The van der Waals surface area contributed by atoms with E-state index < -0.39 is 0 Å². The van der Waals surface area contributed by atoms with E-state index in [1.54, 1.807) is 18.3 Å². The normalized spacial score (nSPS) is 9.86. The summed E-state index contributed by atoms with van der Waals surface area (Å²) >= 11 is 7.92. The molecule has 0 amide bonds. The predicted molar refractivity (Wildman–Crippen MR) is 65.7 cm³/mol. The zero-order valence-electron chi connectivity index (χ0n) is 7.46. The fourth-order valence-electron chi connectivity index (χ4n) is 1.02. The number of hydrogen-bond donors (Lipinski definition) is 0. The predicted octanol–water partition coefficient (Wildman–Crippen LogP) is 3.49. The van der Waals surface area contributed by atoms with Crippen molar-refractivity contribution < 1.29 is 4.79 Å². The molecule has 0 aliphatic rings. The van der Waals surface area contributed by atoms with Crippen LogP contribution in [0.25, 0.3) is 0 Å². The van der Waals surface area contributed by atoms with E-state index in [0.29, 0.717) is 18.4 Å². The first-order chi connectivity index (χ1) is 6.66. The fourth-order valence-corrected chi connectivity index (χ4v) is 2.16. The van der Waals surface area contributed by atoms with Gasteiger partial charge < -0.3 is 0 Å². The lowest BCUT2D eigenvalue weighted by Crippen LogP contribution is -2.03. The molecule has 14 heavy (non-hydrogen) atoms. The molecule has 0 atom stereocenters. The molecule has 0 radical (unpaired) electrons. The molecular formula is C10H9ClINO. The Labute approximate surface area is 102 Å². The van der Waals surface area contributed by atoms with Crippen molar-refractivity contribution >= 4 is 40.0 Å². The number of allylic oxidation sites excluding steroid dienone is 1. The number of rotatable bonds is 4. The minimum atomic E-state index is 0.0207. The molecule has 0 aromatic carbocycles. The Bertz CT molecular complexity index is 345. The molecule has 0 saturated carbocycles. The fraction of sp³-hybridized carbons (Fsp3) is 0.200. The maximum atomic E-state index is 11.7. The lowest BCUT2D eigenvalue weighted by Gasteiger charge is -2.03. The van der Waals surface area contributed by atoms with E-state index in [0.717, 1.165) is 3.57 Å². The molecule has 0 aliphatic heterocycles. The molecule has 4 heteroatoms. The Morgan fingerprint density at radius 1 is 1.71 bits per heavy atom. The summed E-state index contributed by atoms with van der Waals surface area (Å²) in [6, 6.07) is 1.77. The van der Waals surface area contributed by atoms with Crippen molar-refractivity contribution in [2.75, 3.05) is 0 Å². The molecule has 0 aliphatic carbocycles. The third-order valence-corrected chi connectivity index (χ3v) is 2.89. The van der Waals surface area contributed by atoms with Gasteiger partial charge in [-0.25, -0.2) is 4.98 Å². The molecule has 74 valence electrons. The number of aromatic nitrogens is 1. The second kappa shape index (κ2) is 5.46. The summed E-state index contributed by atoms with van der Waals surface area (Å²) in [7, 11) is 0. The zero-order valence-corrected chi connectivity index (χ0v) is 10.4. The molecule has 2 nitrogen and oxygen atoms in total. The van der Waals surface area contributed by atoms with Crippen molar-refractivity contribution in [3.63, 3.8) is 0 Å². The van der Waals surface area contributed by atoms with Crippen LogP contribution >= 0.6 is 34.2 Å². The second-order valence-electron chi connectivity index (χ2n) is 2.71. The molecular weight excluding hydrogens is 312 g/mol. The molecule has 0 unspecified atom stereocenters. The summed E-state index contributed by atoms with van der Waals surface area (Å²) in [5.74, 6) is 0.0207. The van der Waals surface area contributed by atoms with Gasteiger partial charge in [0.15, 0.2) is 5.78 Å². The molecule has 1 aromatic rings. The van der Waals surface area contributed by atoms with Crippen LogP contribution in [0.15, 0.2) is 24.9 Å². The van der Waals surface area contributed by atoms with Gasteiger partial charge in [0.25, 0.3) is 0 Å². The molecule has 1 aromatic heterocycles. The largest absolute Gasteiger partial charge is 0.294 e. The number of ketones is 1. The molecule has 0 saturated heterocycles. The van der Waals surface area contributed by atoms with Crippen LogP contribution in [0.3, 0.4) is 0 Å². The SMILES string of the molecule is C=CCCC(=O)c1c(I)ccnc1Cl. The Balaban J connectivity index is 2.94. The number of nitrogens with zero attached hydrogens (tertiary/aromatic N) is 1. The number of hydrogen-bond acceptors (Lipinski definition) is 2. The highest BCUT2D eigenvalue weighted by Gasteiger charge is 2.13. The van der Waals surface area contributed by atoms with Crippen LogP contribution < -0.4 is 0 Å². The molecule has 1 rings (SSSR count). The third kappa shape index (κ3) is 2.78. The van der Waals surface area contributed by atoms with Crippen LogP contribution in [0.4, 0.5) is 0 Å². The third-order valence-electron chi connectivity index (χ3n) is 1.71. The monoisotopic (exact) mass is 321 g/mol. The summed E-state index contributed by atoms with van der Waals surface area (Å²) in [5.41, 5.74) is 0.525. The standard InChI is InChI=1S/C10H9ClINO/c1-2-3-4-8(14)9-7(12)5-6-13-10(9)11/h2,5-6H,1,3-4H2. The number of Topliss-reactive ketones (excluding diaryl/α,β-unsaturated/α-hetero) is 1. The van der Waals surface area contributed by atoms with Crippen molar-refractivity contribution in [1.29, 1.82) is 0 Å². The van der Waals surface area contributed by atoms with Gasteiger partial charge in [0.05, 0.1) is 5.56 Å². The van der Waals surface area contributed by atoms with Crippen LogP contribution in [-0.2, 0) is 0 Å². The molecule has 1 heterocycles. The van der Waals surface area contributed by atoms with Gasteiger partial charge in [-0.3, -0.25) is 4.79 Å². The van der Waals surface area contributed by atoms with Gasteiger partial charge in [-0.05, 0) is 35.1 Å². The number of carbonyl (C=O) groups is 1. The molecule has 0 bridgehead atoms. The van der Waals surface area contributed by atoms with Gasteiger partial charge in [-0.15, -0.1) is 6.58 Å². The van der Waals surface area contributed by atoms with Gasteiger partial charge >= 0.3 is 0 Å². The topological polar surface area (TPSA) is 30.0 Å². The van der Waals surface area contributed by atoms with Crippen molar-refractivity contribution in [3.8, 4) is 0 Å². The van der Waals surface area contributed by atoms with Crippen LogP contribution in [0.1, 0.15) is 23.2 Å². The molecule has 0 N–H and O–H groups in total. The van der Waals surface area contributed by atoms with Gasteiger partial charge in [0, 0.05) is 16.2 Å². The van der Waals surface area contributed by atoms with Crippen LogP contribution in [0.2, 0.25) is 5.15 Å². The quantitative estimate of drug-likeness (QED) is 0.368. The van der Waals surface area contributed by atoms with Crippen molar-refractivity contribution in [3.05, 3.63) is 39.2 Å². The van der Waals surface area contributed by atoms with Crippen LogP contribution in [0.5, 0.6) is 0 Å². The van der Waals surface area contributed by atoms with E-state index in [9.17, 15) is 4.79 Å². The molecule has 0 spiro atoms. The zero-order chi connectivity index (χ0) is 10.6. The van der Waals surface area contributed by atoms with Crippen LogP contribution in [-0.4, -0.2) is 10.8 Å². The summed E-state index contributed by atoms with van der Waals surface area (Å²) in [6.45, 7) is 3.57. The van der Waals surface area contributed by atoms with Crippen LogP contribution in [0, 0.1) is 3.57 Å². The lowest BCUT2D eigenvalue weighted by molar-refractivity contribution is 0.0982. The highest BCUT2D eigenvalue weighted by molar-refractivity contribution is 14.1. The van der Waals surface area contributed by atoms with E-state index in [1.165, 1.54) is 0 Å². The Morgan fingerprint density at radius 2 is 2.43 bits per heavy atom. The Hall–Kier alpha value is -0.420. The highest BCUT2D eigenvalue weighted by Crippen LogP contribution is 2.21. The van der Waals surface area contributed by atoms with E-state index >= 15 is 0 Å². The van der Waals surface area contributed by atoms with Gasteiger partial charge in [-0.1, -0.05) is 17.7 Å². The maximum absolute atomic E-state index is 11.7.